The molecule has 4 saturated carbocycles. The third kappa shape index (κ3) is 1.85. The molecule has 3 heteroatoms. The summed E-state index contributed by atoms with van der Waals surface area (Å²) in [6, 6.07) is 0. The minimum atomic E-state index is 0.343. The van der Waals surface area contributed by atoms with Crippen LogP contribution in [0.5, 0.6) is 0 Å². The van der Waals surface area contributed by atoms with Gasteiger partial charge in [0.1, 0.15) is 5.76 Å². The summed E-state index contributed by atoms with van der Waals surface area (Å²) >= 11 is 0. The van der Waals surface area contributed by atoms with Crippen molar-refractivity contribution in [3.63, 3.8) is 0 Å². The molecule has 1 heterocycles. The zero-order chi connectivity index (χ0) is 12.9. The Morgan fingerprint density at radius 1 is 1.21 bits per heavy atom. The molecule has 4 fully saturated rings. The maximum Gasteiger partial charge on any atom is 0.181 e. The second-order valence-electron chi connectivity index (χ2n) is 7.11. The van der Waals surface area contributed by atoms with Crippen molar-refractivity contribution in [2.24, 2.45) is 17.8 Å². The lowest BCUT2D eigenvalue weighted by Crippen LogP contribution is -2.48. The van der Waals surface area contributed by atoms with Crippen LogP contribution in [0.4, 0.5) is 0 Å². The molecule has 5 rings (SSSR count). The smallest absolute Gasteiger partial charge is 0.181 e. The van der Waals surface area contributed by atoms with Crippen molar-refractivity contribution in [1.82, 2.24) is 10.3 Å². The van der Waals surface area contributed by atoms with Crippen LogP contribution in [-0.2, 0) is 12.0 Å². The third-order valence-corrected chi connectivity index (χ3v) is 5.70. The summed E-state index contributed by atoms with van der Waals surface area (Å²) in [7, 11) is 0. The van der Waals surface area contributed by atoms with E-state index >= 15 is 0 Å². The number of hydrogen-bond donors (Lipinski definition) is 1. The maximum atomic E-state index is 5.90. The Balaban J connectivity index is 1.66. The number of rotatable bonds is 4. The monoisotopic (exact) mass is 260 g/mol. The predicted molar refractivity (Wildman–Crippen MR) is 73.7 cm³/mol. The minimum absolute atomic E-state index is 0.343. The van der Waals surface area contributed by atoms with Gasteiger partial charge < -0.3 is 9.73 Å². The molecule has 4 bridgehead atoms. The molecule has 0 aliphatic heterocycles. The molecule has 0 spiro atoms. The summed E-state index contributed by atoms with van der Waals surface area (Å²) in [4.78, 5) is 4.48. The van der Waals surface area contributed by atoms with Crippen molar-refractivity contribution < 1.29 is 4.42 Å². The lowest BCUT2D eigenvalue weighted by molar-refractivity contribution is -0.0157. The highest BCUT2D eigenvalue weighted by Gasteiger charge is 2.53. The van der Waals surface area contributed by atoms with E-state index in [4.69, 9.17) is 4.42 Å². The lowest BCUT2D eigenvalue weighted by Gasteiger charge is -2.56. The molecule has 1 aromatic rings. The van der Waals surface area contributed by atoms with Gasteiger partial charge in [-0.15, -0.1) is 0 Å². The Morgan fingerprint density at radius 3 is 2.42 bits per heavy atom. The van der Waals surface area contributed by atoms with E-state index in [0.29, 0.717) is 5.41 Å². The molecule has 1 aromatic heterocycles. The molecule has 104 valence electrons. The van der Waals surface area contributed by atoms with Crippen molar-refractivity contribution in [3.05, 3.63) is 17.8 Å². The Labute approximate surface area is 115 Å². The van der Waals surface area contributed by atoms with Gasteiger partial charge in [0.05, 0.1) is 5.69 Å². The fourth-order valence-corrected chi connectivity index (χ4v) is 5.46. The van der Waals surface area contributed by atoms with E-state index in [1.165, 1.54) is 50.0 Å². The zero-order valence-electron chi connectivity index (χ0n) is 11.8. The lowest BCUT2D eigenvalue weighted by atomic mass is 9.49. The number of oxazole rings is 1. The third-order valence-electron chi connectivity index (χ3n) is 5.70. The number of nitrogens with one attached hydrogen (secondary N) is 1. The summed E-state index contributed by atoms with van der Waals surface area (Å²) in [6.45, 7) is 4.00. The fourth-order valence-electron chi connectivity index (χ4n) is 5.46. The standard InChI is InChI=1S/C16H24N2O/c1-2-17-9-14-15(19-10-18-14)16-6-11-3-12(7-16)5-13(4-11)8-16/h10-13,17H,2-9H2,1H3. The molecule has 0 aromatic carbocycles. The first-order chi connectivity index (χ1) is 9.29. The number of hydrogen-bond acceptors (Lipinski definition) is 3. The van der Waals surface area contributed by atoms with Gasteiger partial charge in [-0.05, 0) is 62.8 Å². The average molecular weight is 260 g/mol. The van der Waals surface area contributed by atoms with Gasteiger partial charge in [0.25, 0.3) is 0 Å². The molecule has 0 atom stereocenters. The van der Waals surface area contributed by atoms with Crippen molar-refractivity contribution in [2.45, 2.75) is 57.4 Å². The summed E-state index contributed by atoms with van der Waals surface area (Å²) in [5.74, 6) is 4.11. The molecule has 1 N–H and O–H groups in total. The molecule has 0 amide bonds. The first kappa shape index (κ1) is 12.0. The molecule has 4 aliphatic rings. The van der Waals surface area contributed by atoms with Crippen molar-refractivity contribution >= 4 is 0 Å². The van der Waals surface area contributed by atoms with Gasteiger partial charge in [0.2, 0.25) is 0 Å². The van der Waals surface area contributed by atoms with Crippen molar-refractivity contribution in [1.29, 1.82) is 0 Å². The Kier molecular flexibility index (Phi) is 2.73. The van der Waals surface area contributed by atoms with E-state index in [2.05, 4.69) is 17.2 Å². The van der Waals surface area contributed by atoms with Gasteiger partial charge in [-0.25, -0.2) is 4.98 Å². The highest BCUT2D eigenvalue weighted by Crippen LogP contribution is 2.61. The minimum Gasteiger partial charge on any atom is -0.448 e. The molecular formula is C16H24N2O. The van der Waals surface area contributed by atoms with Gasteiger partial charge in [0.15, 0.2) is 6.39 Å². The highest BCUT2D eigenvalue weighted by atomic mass is 16.3. The van der Waals surface area contributed by atoms with E-state index in [1.807, 2.05) is 0 Å². The maximum absolute atomic E-state index is 5.90. The quantitative estimate of drug-likeness (QED) is 0.903. The zero-order valence-corrected chi connectivity index (χ0v) is 11.8. The SMILES string of the molecule is CCNCc1ncoc1C12CC3CC(CC(C3)C1)C2. The van der Waals surface area contributed by atoms with Crippen LogP contribution < -0.4 is 5.32 Å². The van der Waals surface area contributed by atoms with Gasteiger partial charge in [0, 0.05) is 12.0 Å². The average Bonchev–Trinajstić information content (AvgIpc) is 2.83. The van der Waals surface area contributed by atoms with E-state index in [9.17, 15) is 0 Å². The molecule has 19 heavy (non-hydrogen) atoms. The largest absolute Gasteiger partial charge is 0.448 e. The van der Waals surface area contributed by atoms with E-state index in [0.717, 1.165) is 30.8 Å². The van der Waals surface area contributed by atoms with E-state index in [1.54, 1.807) is 6.39 Å². The summed E-state index contributed by atoms with van der Waals surface area (Å²) < 4.78 is 5.90. The molecule has 0 radical (unpaired) electrons. The normalized spacial score (nSPS) is 39.9. The van der Waals surface area contributed by atoms with E-state index < -0.39 is 0 Å². The van der Waals surface area contributed by atoms with Gasteiger partial charge in [-0.3, -0.25) is 0 Å². The second-order valence-corrected chi connectivity index (χ2v) is 7.11. The van der Waals surface area contributed by atoms with Crippen molar-refractivity contribution in [2.75, 3.05) is 6.54 Å². The highest BCUT2D eigenvalue weighted by molar-refractivity contribution is 5.24. The number of aromatic nitrogens is 1. The van der Waals surface area contributed by atoms with Crippen LogP contribution in [0.15, 0.2) is 10.8 Å². The molecule has 3 nitrogen and oxygen atoms in total. The van der Waals surface area contributed by atoms with Gasteiger partial charge >= 0.3 is 0 Å². The van der Waals surface area contributed by atoms with Crippen molar-refractivity contribution in [3.8, 4) is 0 Å². The Morgan fingerprint density at radius 2 is 1.84 bits per heavy atom. The van der Waals surface area contributed by atoms with Crippen LogP contribution in [0.3, 0.4) is 0 Å². The Bertz CT molecular complexity index is 430. The fraction of sp³-hybridized carbons (Fsp3) is 0.812. The van der Waals surface area contributed by atoms with Crippen LogP contribution >= 0.6 is 0 Å². The first-order valence-corrected chi connectivity index (χ1v) is 7.92. The van der Waals surface area contributed by atoms with E-state index in [-0.39, 0.29) is 0 Å². The van der Waals surface area contributed by atoms with Crippen LogP contribution in [0.2, 0.25) is 0 Å². The first-order valence-electron chi connectivity index (χ1n) is 7.92. The molecular weight excluding hydrogens is 236 g/mol. The summed E-state index contributed by atoms with van der Waals surface area (Å²) in [6.07, 6.45) is 10.2. The molecule has 0 saturated heterocycles. The van der Waals surface area contributed by atoms with Crippen LogP contribution in [0, 0.1) is 17.8 Å². The van der Waals surface area contributed by atoms with Gasteiger partial charge in [-0.2, -0.15) is 0 Å². The molecule has 4 aliphatic carbocycles. The van der Waals surface area contributed by atoms with Crippen LogP contribution in [0.25, 0.3) is 0 Å². The summed E-state index contributed by atoms with van der Waals surface area (Å²) in [5.41, 5.74) is 1.51. The molecule has 0 unspecified atom stereocenters. The van der Waals surface area contributed by atoms with Crippen LogP contribution in [-0.4, -0.2) is 11.5 Å². The Hall–Kier alpha value is -0.830. The second kappa shape index (κ2) is 4.34. The number of nitrogens with zero attached hydrogens (tertiary/aromatic N) is 1. The van der Waals surface area contributed by atoms with Crippen LogP contribution in [0.1, 0.15) is 56.9 Å². The predicted octanol–water partition coefficient (Wildman–Crippen LogP) is 3.25. The summed E-state index contributed by atoms with van der Waals surface area (Å²) in [5, 5.41) is 3.40. The topological polar surface area (TPSA) is 38.1 Å². The van der Waals surface area contributed by atoms with Gasteiger partial charge in [-0.1, -0.05) is 6.92 Å².